The Kier molecular flexibility index (Phi) is 5.77. The molecule has 1 unspecified atom stereocenters. The van der Waals surface area contributed by atoms with Crippen LogP contribution in [-0.4, -0.2) is 31.0 Å². The summed E-state index contributed by atoms with van der Waals surface area (Å²) < 4.78 is 21.9. The first-order chi connectivity index (χ1) is 11.2. The standard InChI is InChI=1S/C13H10Cl2N4O3S2/c1-24(21,22)12-11(20)9(5-23-12)19-13(17-6-16)18-8-4-2-3-7(14)10(8)15/h2-5,12H,1H3,(H2,17,18,19). The number of benzene rings is 1. The maximum atomic E-state index is 12.1. The molecule has 0 radical (unpaired) electrons. The van der Waals surface area contributed by atoms with Crippen LogP contribution < -0.4 is 10.6 Å². The molecule has 0 aromatic heterocycles. The molecule has 1 atom stereocenters. The number of hydrogen-bond donors (Lipinski definition) is 2. The van der Waals surface area contributed by atoms with Gasteiger partial charge in [0.25, 0.3) is 0 Å². The van der Waals surface area contributed by atoms with Crippen LogP contribution in [0, 0.1) is 11.5 Å². The zero-order valence-corrected chi connectivity index (χ0v) is 15.2. The fraction of sp³-hybridized carbons (Fsp3) is 0.154. The lowest BCUT2D eigenvalue weighted by atomic mass is 10.3. The Bertz CT molecular complexity index is 891. The normalized spacial score (nSPS) is 18.1. The molecule has 2 rings (SSSR count). The SMILES string of the molecule is CS(=O)(=O)C1SC=C(NC(=Nc2cccc(Cl)c2Cl)NC#N)C1=O. The van der Waals surface area contributed by atoms with Crippen molar-refractivity contribution in [3.05, 3.63) is 39.3 Å². The zero-order chi connectivity index (χ0) is 17.9. The second-order valence-corrected chi connectivity index (χ2v) is 8.78. The van der Waals surface area contributed by atoms with Gasteiger partial charge in [0.05, 0.1) is 21.4 Å². The number of hydrogen-bond acceptors (Lipinski definition) is 6. The van der Waals surface area contributed by atoms with Crippen molar-refractivity contribution in [2.75, 3.05) is 6.26 Å². The van der Waals surface area contributed by atoms with E-state index in [9.17, 15) is 13.2 Å². The molecule has 11 heteroatoms. The highest BCUT2D eigenvalue weighted by atomic mass is 35.5. The summed E-state index contributed by atoms with van der Waals surface area (Å²) in [7, 11) is -3.55. The summed E-state index contributed by atoms with van der Waals surface area (Å²) in [4.78, 5) is 16.2. The van der Waals surface area contributed by atoms with E-state index < -0.39 is 20.2 Å². The Hall–Kier alpha value is -1.73. The van der Waals surface area contributed by atoms with Crippen molar-refractivity contribution in [2.24, 2.45) is 4.99 Å². The highest BCUT2D eigenvalue weighted by Crippen LogP contribution is 2.32. The number of carbonyl (C=O) groups is 1. The van der Waals surface area contributed by atoms with Crippen LogP contribution in [-0.2, 0) is 14.6 Å². The largest absolute Gasteiger partial charge is 0.322 e. The van der Waals surface area contributed by atoms with Gasteiger partial charge in [0.1, 0.15) is 0 Å². The summed E-state index contributed by atoms with van der Waals surface area (Å²) in [5.74, 6) is -0.705. The molecule has 1 heterocycles. The average Bonchev–Trinajstić information content (AvgIpc) is 2.85. The number of Topliss-reactive ketones (excluding diaryl/α,β-unsaturated/α-hetero) is 1. The van der Waals surface area contributed by atoms with Crippen LogP contribution >= 0.6 is 35.0 Å². The van der Waals surface area contributed by atoms with Gasteiger partial charge in [-0.1, -0.05) is 29.3 Å². The van der Waals surface area contributed by atoms with Gasteiger partial charge >= 0.3 is 0 Å². The van der Waals surface area contributed by atoms with E-state index in [1.165, 1.54) is 5.41 Å². The number of guanidine groups is 1. The molecule has 0 bridgehead atoms. The van der Waals surface area contributed by atoms with Crippen molar-refractivity contribution >= 4 is 62.2 Å². The van der Waals surface area contributed by atoms with Gasteiger partial charge in [0.15, 0.2) is 20.6 Å². The second-order valence-electron chi connectivity index (χ2n) is 4.59. The number of ketones is 1. The summed E-state index contributed by atoms with van der Waals surface area (Å²) in [6, 6.07) is 4.75. The topological polar surface area (TPSA) is 111 Å². The van der Waals surface area contributed by atoms with E-state index in [-0.39, 0.29) is 27.4 Å². The van der Waals surface area contributed by atoms with E-state index in [0.717, 1.165) is 18.0 Å². The molecule has 1 aromatic carbocycles. The van der Waals surface area contributed by atoms with E-state index in [1.54, 1.807) is 24.4 Å². The van der Waals surface area contributed by atoms with Crippen molar-refractivity contribution in [1.29, 1.82) is 5.26 Å². The summed E-state index contributed by atoms with van der Waals surface area (Å²) in [5.41, 5.74) is 0.280. The maximum absolute atomic E-state index is 12.1. The third-order valence-corrected chi connectivity index (χ3v) is 6.78. The minimum Gasteiger partial charge on any atom is -0.322 e. The maximum Gasteiger partial charge on any atom is 0.214 e. The summed E-state index contributed by atoms with van der Waals surface area (Å²) in [5, 5.41) is 15.5. The predicted octanol–water partition coefficient (Wildman–Crippen LogP) is 2.17. The van der Waals surface area contributed by atoms with Gasteiger partial charge in [-0.3, -0.25) is 10.1 Å². The molecule has 0 aliphatic carbocycles. The Morgan fingerprint density at radius 3 is 2.71 bits per heavy atom. The highest BCUT2D eigenvalue weighted by molar-refractivity contribution is 8.16. The minimum absolute atomic E-state index is 0.00933. The van der Waals surface area contributed by atoms with Gasteiger partial charge in [-0.2, -0.15) is 5.26 Å². The smallest absolute Gasteiger partial charge is 0.214 e. The van der Waals surface area contributed by atoms with Gasteiger partial charge in [-0.15, -0.1) is 11.8 Å². The van der Waals surface area contributed by atoms with Gasteiger partial charge in [0, 0.05) is 11.7 Å². The molecule has 7 nitrogen and oxygen atoms in total. The first-order valence-corrected chi connectivity index (χ1v) is 9.93. The fourth-order valence-corrected chi connectivity index (χ4v) is 4.24. The van der Waals surface area contributed by atoms with Gasteiger partial charge < -0.3 is 5.32 Å². The number of nitrogens with one attached hydrogen (secondary N) is 2. The summed E-state index contributed by atoms with van der Waals surface area (Å²) in [6.07, 6.45) is 2.65. The predicted molar refractivity (Wildman–Crippen MR) is 94.8 cm³/mol. The van der Waals surface area contributed by atoms with E-state index >= 15 is 0 Å². The summed E-state index contributed by atoms with van der Waals surface area (Å²) in [6.45, 7) is 0. The Morgan fingerprint density at radius 2 is 2.12 bits per heavy atom. The van der Waals surface area contributed by atoms with Gasteiger partial charge in [-0.05, 0) is 12.1 Å². The van der Waals surface area contributed by atoms with Crippen LogP contribution in [0.1, 0.15) is 0 Å². The third-order valence-electron chi connectivity index (χ3n) is 2.77. The molecule has 1 aliphatic heterocycles. The molecule has 0 spiro atoms. The van der Waals surface area contributed by atoms with E-state index in [4.69, 9.17) is 28.5 Å². The Balaban J connectivity index is 2.28. The first-order valence-electron chi connectivity index (χ1n) is 6.27. The van der Waals surface area contributed by atoms with Crippen LogP contribution in [0.2, 0.25) is 10.0 Å². The van der Waals surface area contributed by atoms with Crippen molar-refractivity contribution in [1.82, 2.24) is 10.6 Å². The van der Waals surface area contributed by atoms with Crippen LogP contribution in [0.4, 0.5) is 5.69 Å². The molecule has 24 heavy (non-hydrogen) atoms. The number of nitriles is 1. The van der Waals surface area contributed by atoms with Gasteiger partial charge in [-0.25, -0.2) is 13.4 Å². The molecule has 0 fully saturated rings. The van der Waals surface area contributed by atoms with E-state index in [0.29, 0.717) is 0 Å². The average molecular weight is 405 g/mol. The Morgan fingerprint density at radius 1 is 1.42 bits per heavy atom. The van der Waals surface area contributed by atoms with Crippen LogP contribution in [0.25, 0.3) is 0 Å². The molecule has 0 saturated carbocycles. The number of sulfone groups is 1. The van der Waals surface area contributed by atoms with Crippen LogP contribution in [0.15, 0.2) is 34.3 Å². The van der Waals surface area contributed by atoms with Crippen LogP contribution in [0.5, 0.6) is 0 Å². The number of rotatable bonds is 3. The highest BCUT2D eigenvalue weighted by Gasteiger charge is 2.36. The first kappa shape index (κ1) is 18.6. The molecular formula is C13H10Cl2N4O3S2. The lowest BCUT2D eigenvalue weighted by Gasteiger charge is -2.10. The molecule has 126 valence electrons. The third kappa shape index (κ3) is 4.21. The number of nitrogens with zero attached hydrogens (tertiary/aromatic N) is 2. The second kappa shape index (κ2) is 7.44. The quantitative estimate of drug-likeness (QED) is 0.343. The molecule has 1 aromatic rings. The van der Waals surface area contributed by atoms with Crippen molar-refractivity contribution in [3.8, 4) is 6.19 Å². The molecule has 1 aliphatic rings. The number of thioether (sulfide) groups is 1. The van der Waals surface area contributed by atoms with Crippen LogP contribution in [0.3, 0.4) is 0 Å². The number of halogens is 2. The van der Waals surface area contributed by atoms with E-state index in [1.807, 2.05) is 0 Å². The monoisotopic (exact) mass is 404 g/mol. The lowest BCUT2D eigenvalue weighted by Crippen LogP contribution is -2.37. The zero-order valence-electron chi connectivity index (χ0n) is 12.1. The number of allylic oxidation sites excluding steroid dienone is 1. The van der Waals surface area contributed by atoms with Crippen molar-refractivity contribution in [3.63, 3.8) is 0 Å². The molecular weight excluding hydrogens is 395 g/mol. The van der Waals surface area contributed by atoms with E-state index in [2.05, 4.69) is 15.6 Å². The van der Waals surface area contributed by atoms with Crippen molar-refractivity contribution in [2.45, 2.75) is 4.58 Å². The molecule has 0 saturated heterocycles. The van der Waals surface area contributed by atoms with Crippen molar-refractivity contribution < 1.29 is 13.2 Å². The summed E-state index contributed by atoms with van der Waals surface area (Å²) >= 11 is 12.8. The molecule has 2 N–H and O–H groups in total. The molecule has 0 amide bonds. The van der Waals surface area contributed by atoms with Gasteiger partial charge in [0.2, 0.25) is 11.7 Å². The minimum atomic E-state index is -3.55. The lowest BCUT2D eigenvalue weighted by molar-refractivity contribution is -0.113. The Labute approximate surface area is 152 Å². The number of carbonyl (C=O) groups excluding carboxylic acids is 1. The number of aliphatic imine (C=N–C) groups is 1. The fourth-order valence-electron chi connectivity index (χ4n) is 1.73.